The van der Waals surface area contributed by atoms with Crippen LogP contribution in [0, 0.1) is 6.92 Å². The molecule has 0 aliphatic rings. The zero-order valence-corrected chi connectivity index (χ0v) is 10.9. The van der Waals surface area contributed by atoms with Gasteiger partial charge in [0.2, 0.25) is 0 Å². The molecule has 2 rings (SSSR count). The number of rotatable bonds is 3. The number of nitrogens with one attached hydrogen (secondary N) is 3. The topological polar surface area (TPSA) is 36.1 Å². The zero-order valence-electron chi connectivity index (χ0n) is 10.1. The van der Waals surface area contributed by atoms with Crippen molar-refractivity contribution in [3.63, 3.8) is 0 Å². The van der Waals surface area contributed by atoms with Gasteiger partial charge >= 0.3 is 0 Å². The standard InChI is InChI=1S/C14H15N3S/c1-11-6-5-9-13(10-11)15-14(18)17-16-12-7-3-2-4-8-12/h2-10,16H,1H3,(H2,15,17,18). The van der Waals surface area contributed by atoms with Crippen molar-refractivity contribution >= 4 is 28.7 Å². The number of hydrogen-bond acceptors (Lipinski definition) is 2. The van der Waals surface area contributed by atoms with E-state index in [1.54, 1.807) is 0 Å². The number of para-hydroxylation sites is 1. The van der Waals surface area contributed by atoms with E-state index in [9.17, 15) is 0 Å². The van der Waals surface area contributed by atoms with E-state index in [4.69, 9.17) is 12.2 Å². The Morgan fingerprint density at radius 3 is 2.39 bits per heavy atom. The Hall–Kier alpha value is -2.07. The first-order valence-electron chi connectivity index (χ1n) is 5.69. The molecule has 0 amide bonds. The predicted octanol–water partition coefficient (Wildman–Crippen LogP) is 3.31. The van der Waals surface area contributed by atoms with Crippen molar-refractivity contribution in [2.45, 2.75) is 6.92 Å². The molecule has 2 aromatic rings. The fraction of sp³-hybridized carbons (Fsp3) is 0.0714. The molecule has 2 aromatic carbocycles. The highest BCUT2D eigenvalue weighted by molar-refractivity contribution is 7.80. The first-order chi connectivity index (χ1) is 8.74. The van der Waals surface area contributed by atoms with Crippen LogP contribution in [0.3, 0.4) is 0 Å². The summed E-state index contributed by atoms with van der Waals surface area (Å²) in [5.74, 6) is 0. The SMILES string of the molecule is Cc1cccc(NC(=S)NNc2ccccc2)c1. The third kappa shape index (κ3) is 3.75. The maximum absolute atomic E-state index is 5.19. The molecule has 92 valence electrons. The summed E-state index contributed by atoms with van der Waals surface area (Å²) in [6.45, 7) is 2.05. The van der Waals surface area contributed by atoms with Crippen LogP contribution in [0.4, 0.5) is 11.4 Å². The quantitative estimate of drug-likeness (QED) is 0.582. The van der Waals surface area contributed by atoms with Gasteiger partial charge < -0.3 is 5.32 Å². The van der Waals surface area contributed by atoms with E-state index in [1.807, 2.05) is 61.5 Å². The van der Waals surface area contributed by atoms with Gasteiger partial charge in [0.05, 0.1) is 5.69 Å². The van der Waals surface area contributed by atoms with E-state index in [2.05, 4.69) is 16.2 Å². The van der Waals surface area contributed by atoms with Gasteiger partial charge in [-0.15, -0.1) is 0 Å². The molecular formula is C14H15N3S. The fourth-order valence-electron chi connectivity index (χ4n) is 1.54. The second-order valence-electron chi connectivity index (χ2n) is 3.94. The normalized spacial score (nSPS) is 9.61. The molecule has 3 N–H and O–H groups in total. The minimum Gasteiger partial charge on any atom is -0.331 e. The fourth-order valence-corrected chi connectivity index (χ4v) is 1.70. The number of hydrogen-bond donors (Lipinski definition) is 3. The van der Waals surface area contributed by atoms with Crippen LogP contribution in [-0.4, -0.2) is 5.11 Å². The maximum Gasteiger partial charge on any atom is 0.189 e. The molecule has 0 aliphatic carbocycles. The second-order valence-corrected chi connectivity index (χ2v) is 4.35. The Kier molecular flexibility index (Phi) is 4.15. The van der Waals surface area contributed by atoms with Crippen LogP contribution in [0.5, 0.6) is 0 Å². The average molecular weight is 257 g/mol. The number of hydrazine groups is 1. The molecule has 0 bridgehead atoms. The predicted molar refractivity (Wildman–Crippen MR) is 80.6 cm³/mol. The summed E-state index contributed by atoms with van der Waals surface area (Å²) >= 11 is 5.19. The Bertz CT molecular complexity index is 526. The average Bonchev–Trinajstić information content (AvgIpc) is 2.38. The van der Waals surface area contributed by atoms with Crippen LogP contribution >= 0.6 is 12.2 Å². The van der Waals surface area contributed by atoms with Crippen molar-refractivity contribution in [1.82, 2.24) is 5.43 Å². The highest BCUT2D eigenvalue weighted by atomic mass is 32.1. The molecule has 0 aliphatic heterocycles. The lowest BCUT2D eigenvalue weighted by Gasteiger charge is -2.12. The van der Waals surface area contributed by atoms with Crippen molar-refractivity contribution in [3.8, 4) is 0 Å². The van der Waals surface area contributed by atoms with Gasteiger partial charge in [-0.1, -0.05) is 30.3 Å². The Morgan fingerprint density at radius 1 is 0.944 bits per heavy atom. The van der Waals surface area contributed by atoms with Crippen molar-refractivity contribution in [2.75, 3.05) is 10.7 Å². The van der Waals surface area contributed by atoms with E-state index in [-0.39, 0.29) is 0 Å². The van der Waals surface area contributed by atoms with Gasteiger partial charge in [-0.2, -0.15) is 0 Å². The number of benzene rings is 2. The molecule has 0 radical (unpaired) electrons. The molecule has 0 spiro atoms. The Labute approximate surface area is 112 Å². The molecule has 0 unspecified atom stereocenters. The molecule has 0 fully saturated rings. The number of thiocarbonyl (C=S) groups is 1. The maximum atomic E-state index is 5.19. The van der Waals surface area contributed by atoms with Crippen molar-refractivity contribution in [1.29, 1.82) is 0 Å². The lowest BCUT2D eigenvalue weighted by molar-refractivity contribution is 1.14. The van der Waals surface area contributed by atoms with Crippen LogP contribution in [0.15, 0.2) is 54.6 Å². The van der Waals surface area contributed by atoms with Crippen molar-refractivity contribution in [3.05, 3.63) is 60.2 Å². The first-order valence-corrected chi connectivity index (χ1v) is 6.09. The Balaban J connectivity index is 1.86. The van der Waals surface area contributed by atoms with Crippen LogP contribution in [0.2, 0.25) is 0 Å². The zero-order chi connectivity index (χ0) is 12.8. The van der Waals surface area contributed by atoms with E-state index in [1.165, 1.54) is 5.56 Å². The molecule has 4 heteroatoms. The molecule has 18 heavy (non-hydrogen) atoms. The molecule has 0 heterocycles. The molecule has 0 aromatic heterocycles. The lowest BCUT2D eigenvalue weighted by Crippen LogP contribution is -2.33. The van der Waals surface area contributed by atoms with E-state index in [0.29, 0.717) is 5.11 Å². The summed E-state index contributed by atoms with van der Waals surface area (Å²) in [6, 6.07) is 17.9. The van der Waals surface area contributed by atoms with Gasteiger partial charge in [0.15, 0.2) is 5.11 Å². The monoisotopic (exact) mass is 257 g/mol. The van der Waals surface area contributed by atoms with Crippen LogP contribution in [0.25, 0.3) is 0 Å². The second kappa shape index (κ2) is 6.02. The highest BCUT2D eigenvalue weighted by Crippen LogP contribution is 2.09. The van der Waals surface area contributed by atoms with Crippen LogP contribution in [0.1, 0.15) is 5.56 Å². The number of anilines is 2. The van der Waals surface area contributed by atoms with Gasteiger partial charge in [-0.3, -0.25) is 10.9 Å². The highest BCUT2D eigenvalue weighted by Gasteiger charge is 1.97. The summed E-state index contributed by atoms with van der Waals surface area (Å²) in [4.78, 5) is 0. The van der Waals surface area contributed by atoms with Crippen molar-refractivity contribution < 1.29 is 0 Å². The van der Waals surface area contributed by atoms with Gasteiger partial charge in [-0.05, 0) is 49.0 Å². The van der Waals surface area contributed by atoms with Gasteiger partial charge in [0, 0.05) is 5.69 Å². The van der Waals surface area contributed by atoms with E-state index < -0.39 is 0 Å². The third-order valence-electron chi connectivity index (χ3n) is 2.37. The van der Waals surface area contributed by atoms with Crippen LogP contribution < -0.4 is 16.2 Å². The third-order valence-corrected chi connectivity index (χ3v) is 2.57. The van der Waals surface area contributed by atoms with Gasteiger partial charge in [-0.25, -0.2) is 0 Å². The van der Waals surface area contributed by atoms with Gasteiger partial charge in [0.25, 0.3) is 0 Å². The first kappa shape index (κ1) is 12.4. The molecule has 0 saturated carbocycles. The van der Waals surface area contributed by atoms with E-state index >= 15 is 0 Å². The van der Waals surface area contributed by atoms with Crippen LogP contribution in [-0.2, 0) is 0 Å². The summed E-state index contributed by atoms with van der Waals surface area (Å²) in [7, 11) is 0. The summed E-state index contributed by atoms with van der Waals surface area (Å²) in [6.07, 6.45) is 0. The molecule has 0 saturated heterocycles. The van der Waals surface area contributed by atoms with E-state index in [0.717, 1.165) is 11.4 Å². The summed E-state index contributed by atoms with van der Waals surface area (Å²) in [5.41, 5.74) is 9.09. The smallest absolute Gasteiger partial charge is 0.189 e. The minimum absolute atomic E-state index is 0.532. The molecular weight excluding hydrogens is 242 g/mol. The lowest BCUT2D eigenvalue weighted by atomic mass is 10.2. The summed E-state index contributed by atoms with van der Waals surface area (Å²) < 4.78 is 0. The summed E-state index contributed by atoms with van der Waals surface area (Å²) in [5, 5.41) is 3.64. The minimum atomic E-state index is 0.532. The van der Waals surface area contributed by atoms with Gasteiger partial charge in [0.1, 0.15) is 0 Å². The largest absolute Gasteiger partial charge is 0.331 e. The van der Waals surface area contributed by atoms with Crippen molar-refractivity contribution in [2.24, 2.45) is 0 Å². The molecule has 0 atom stereocenters. The Morgan fingerprint density at radius 2 is 1.67 bits per heavy atom. The number of aryl methyl sites for hydroxylation is 1. The molecule has 3 nitrogen and oxygen atoms in total.